The Bertz CT molecular complexity index is 681. The van der Waals surface area contributed by atoms with Crippen molar-refractivity contribution in [3.8, 4) is 0 Å². The molecule has 4 nitrogen and oxygen atoms in total. The van der Waals surface area contributed by atoms with Gasteiger partial charge < -0.3 is 16.0 Å². The molecule has 1 fully saturated rings. The zero-order valence-electron chi connectivity index (χ0n) is 13.9. The van der Waals surface area contributed by atoms with E-state index in [-0.39, 0.29) is 30.2 Å². The topological polar surface area (TPSA) is 58.4 Å². The normalized spacial score (nSPS) is 18.3. The molecule has 3 N–H and O–H groups in total. The first-order valence-corrected chi connectivity index (χ1v) is 8.21. The minimum absolute atomic E-state index is 0. The smallest absolute Gasteiger partial charge is 0.240 e. The van der Waals surface area contributed by atoms with Crippen LogP contribution in [0, 0.1) is 5.82 Å². The van der Waals surface area contributed by atoms with Crippen LogP contribution in [0.4, 0.5) is 4.39 Å². The summed E-state index contributed by atoms with van der Waals surface area (Å²) < 4.78 is 13.2. The number of carbonyl (C=O) groups excluding carboxylic acids is 1. The van der Waals surface area contributed by atoms with Gasteiger partial charge in [0.2, 0.25) is 5.91 Å². The number of hydrogen-bond acceptors (Lipinski definition) is 3. The lowest BCUT2D eigenvalue weighted by Gasteiger charge is -2.38. The monoisotopic (exact) mass is 363 g/mol. The van der Waals surface area contributed by atoms with Crippen LogP contribution in [-0.2, 0) is 11.2 Å². The lowest BCUT2D eigenvalue weighted by Crippen LogP contribution is -2.54. The van der Waals surface area contributed by atoms with Gasteiger partial charge in [-0.05, 0) is 29.7 Å². The molecule has 2 aromatic rings. The minimum atomic E-state index is -0.576. The second-order valence-electron chi connectivity index (χ2n) is 6.10. The molecule has 134 valence electrons. The lowest BCUT2D eigenvalue weighted by atomic mass is 10.00. The SMILES string of the molecule is Cl.NC(Cc1ccccc1)C(=O)N1CCNCC1c1ccc(F)cc1. The predicted molar refractivity (Wildman–Crippen MR) is 99.1 cm³/mol. The molecule has 1 aliphatic rings. The lowest BCUT2D eigenvalue weighted by molar-refractivity contribution is -0.136. The molecule has 1 aliphatic heterocycles. The molecule has 3 rings (SSSR count). The molecule has 0 spiro atoms. The van der Waals surface area contributed by atoms with Crippen molar-refractivity contribution in [3.63, 3.8) is 0 Å². The third-order valence-electron chi connectivity index (χ3n) is 4.40. The first-order valence-electron chi connectivity index (χ1n) is 8.21. The van der Waals surface area contributed by atoms with E-state index in [0.29, 0.717) is 19.5 Å². The fraction of sp³-hybridized carbons (Fsp3) is 0.316. The first kappa shape index (κ1) is 19.4. The van der Waals surface area contributed by atoms with E-state index in [1.54, 1.807) is 12.1 Å². The van der Waals surface area contributed by atoms with Crippen molar-refractivity contribution in [1.29, 1.82) is 0 Å². The van der Waals surface area contributed by atoms with Crippen molar-refractivity contribution in [1.82, 2.24) is 10.2 Å². The summed E-state index contributed by atoms with van der Waals surface area (Å²) in [7, 11) is 0. The Balaban J connectivity index is 0.00000225. The zero-order valence-corrected chi connectivity index (χ0v) is 14.7. The summed E-state index contributed by atoms with van der Waals surface area (Å²) in [5.41, 5.74) is 8.14. The van der Waals surface area contributed by atoms with Gasteiger partial charge in [0.25, 0.3) is 0 Å². The third kappa shape index (κ3) is 4.78. The number of rotatable bonds is 4. The second-order valence-corrected chi connectivity index (χ2v) is 6.10. The van der Waals surface area contributed by atoms with Crippen LogP contribution >= 0.6 is 12.4 Å². The highest BCUT2D eigenvalue weighted by molar-refractivity contribution is 5.85. The predicted octanol–water partition coefficient (Wildman–Crippen LogP) is 2.29. The zero-order chi connectivity index (χ0) is 16.9. The molecule has 0 aromatic heterocycles. The Morgan fingerprint density at radius 3 is 2.56 bits per heavy atom. The Hall–Kier alpha value is -1.95. The number of amides is 1. The summed E-state index contributed by atoms with van der Waals surface area (Å²) in [5, 5.41) is 3.29. The van der Waals surface area contributed by atoms with Crippen molar-refractivity contribution in [2.24, 2.45) is 5.73 Å². The minimum Gasteiger partial charge on any atom is -0.332 e. The number of nitrogens with two attached hydrogens (primary N) is 1. The van der Waals surface area contributed by atoms with Crippen LogP contribution in [0.3, 0.4) is 0 Å². The van der Waals surface area contributed by atoms with E-state index in [9.17, 15) is 9.18 Å². The van der Waals surface area contributed by atoms with E-state index >= 15 is 0 Å². The summed E-state index contributed by atoms with van der Waals surface area (Å²) in [5.74, 6) is -0.337. The molecule has 6 heteroatoms. The number of hydrogen-bond donors (Lipinski definition) is 2. The van der Waals surface area contributed by atoms with Gasteiger partial charge in [-0.2, -0.15) is 0 Å². The van der Waals surface area contributed by atoms with Gasteiger partial charge in [0.1, 0.15) is 5.82 Å². The van der Waals surface area contributed by atoms with Gasteiger partial charge in [-0.25, -0.2) is 4.39 Å². The molecule has 25 heavy (non-hydrogen) atoms. The molecular formula is C19H23ClFN3O. The largest absolute Gasteiger partial charge is 0.332 e. The van der Waals surface area contributed by atoms with Crippen molar-refractivity contribution in [3.05, 3.63) is 71.5 Å². The highest BCUT2D eigenvalue weighted by Gasteiger charge is 2.30. The standard InChI is InChI=1S/C19H22FN3O.ClH/c20-16-8-6-15(7-9-16)18-13-22-10-11-23(18)19(24)17(21)12-14-4-2-1-3-5-14;/h1-9,17-18,22H,10-13,21H2;1H. The Morgan fingerprint density at radius 1 is 1.20 bits per heavy atom. The van der Waals surface area contributed by atoms with E-state index < -0.39 is 6.04 Å². The number of benzene rings is 2. The first-order chi connectivity index (χ1) is 11.6. The Kier molecular flexibility index (Phi) is 6.93. The van der Waals surface area contributed by atoms with Crippen molar-refractivity contribution in [2.45, 2.75) is 18.5 Å². The molecular weight excluding hydrogens is 341 g/mol. The van der Waals surface area contributed by atoms with Crippen LogP contribution in [-0.4, -0.2) is 36.5 Å². The van der Waals surface area contributed by atoms with Crippen LogP contribution in [0.25, 0.3) is 0 Å². The summed E-state index contributed by atoms with van der Waals surface area (Å²) in [6, 6.07) is 15.4. The molecule has 2 unspecified atom stereocenters. The molecule has 2 atom stereocenters. The maximum absolute atomic E-state index is 13.2. The van der Waals surface area contributed by atoms with Gasteiger partial charge in [0, 0.05) is 19.6 Å². The van der Waals surface area contributed by atoms with Crippen molar-refractivity contribution >= 4 is 18.3 Å². The molecule has 1 saturated heterocycles. The molecule has 1 heterocycles. The van der Waals surface area contributed by atoms with Gasteiger partial charge in [0.05, 0.1) is 12.1 Å². The van der Waals surface area contributed by atoms with Crippen LogP contribution < -0.4 is 11.1 Å². The molecule has 2 aromatic carbocycles. The summed E-state index contributed by atoms with van der Waals surface area (Å²) in [4.78, 5) is 14.7. The van der Waals surface area contributed by atoms with Gasteiger partial charge in [-0.3, -0.25) is 4.79 Å². The summed E-state index contributed by atoms with van der Waals surface area (Å²) in [6.45, 7) is 1.99. The van der Waals surface area contributed by atoms with Crippen molar-refractivity contribution < 1.29 is 9.18 Å². The fourth-order valence-corrected chi connectivity index (χ4v) is 3.12. The Morgan fingerprint density at radius 2 is 1.88 bits per heavy atom. The Labute approximate surface area is 153 Å². The maximum Gasteiger partial charge on any atom is 0.240 e. The van der Waals surface area contributed by atoms with E-state index in [1.807, 2.05) is 35.2 Å². The van der Waals surface area contributed by atoms with E-state index in [0.717, 1.165) is 17.7 Å². The average molecular weight is 364 g/mol. The fourth-order valence-electron chi connectivity index (χ4n) is 3.12. The number of carbonyl (C=O) groups is 1. The maximum atomic E-state index is 13.2. The third-order valence-corrected chi connectivity index (χ3v) is 4.40. The molecule has 0 aliphatic carbocycles. The number of nitrogens with one attached hydrogen (secondary N) is 1. The average Bonchev–Trinajstić information content (AvgIpc) is 2.62. The number of nitrogens with zero attached hydrogens (tertiary/aromatic N) is 1. The van der Waals surface area contributed by atoms with Gasteiger partial charge >= 0.3 is 0 Å². The van der Waals surface area contributed by atoms with E-state index in [1.165, 1.54) is 12.1 Å². The van der Waals surface area contributed by atoms with E-state index in [2.05, 4.69) is 5.32 Å². The number of halogens is 2. The van der Waals surface area contributed by atoms with Crippen molar-refractivity contribution in [2.75, 3.05) is 19.6 Å². The quantitative estimate of drug-likeness (QED) is 0.876. The molecule has 0 radical (unpaired) electrons. The molecule has 1 amide bonds. The molecule has 0 saturated carbocycles. The summed E-state index contributed by atoms with van der Waals surface area (Å²) >= 11 is 0. The van der Waals surface area contributed by atoms with Gasteiger partial charge in [0.15, 0.2) is 0 Å². The number of piperazine rings is 1. The van der Waals surface area contributed by atoms with Crippen LogP contribution in [0.1, 0.15) is 17.2 Å². The van der Waals surface area contributed by atoms with E-state index in [4.69, 9.17) is 5.73 Å². The highest BCUT2D eigenvalue weighted by Crippen LogP contribution is 2.23. The summed E-state index contributed by atoms with van der Waals surface area (Å²) in [6.07, 6.45) is 0.514. The highest BCUT2D eigenvalue weighted by atomic mass is 35.5. The van der Waals surface area contributed by atoms with Gasteiger partial charge in [-0.1, -0.05) is 42.5 Å². The molecule has 0 bridgehead atoms. The van der Waals surface area contributed by atoms with Gasteiger partial charge in [-0.15, -0.1) is 12.4 Å². The van der Waals surface area contributed by atoms with Crippen LogP contribution in [0.15, 0.2) is 54.6 Å². The van der Waals surface area contributed by atoms with Crippen LogP contribution in [0.5, 0.6) is 0 Å². The van der Waals surface area contributed by atoms with Crippen LogP contribution in [0.2, 0.25) is 0 Å². The second kappa shape index (κ2) is 8.94.